The molecule has 0 saturated carbocycles. The van der Waals surface area contributed by atoms with Crippen LogP contribution in [0.25, 0.3) is 0 Å². The number of carbonyl (C=O) groups is 2. The highest BCUT2D eigenvalue weighted by molar-refractivity contribution is 5.94. The summed E-state index contributed by atoms with van der Waals surface area (Å²) in [6, 6.07) is -1.18. The quantitative estimate of drug-likeness (QED) is 0.695. The summed E-state index contributed by atoms with van der Waals surface area (Å²) >= 11 is 0. The van der Waals surface area contributed by atoms with E-state index in [0.717, 1.165) is 4.90 Å². The number of rotatable bonds is 7. The molecule has 0 saturated heterocycles. The van der Waals surface area contributed by atoms with Crippen LogP contribution in [0.1, 0.15) is 27.2 Å². The number of hydrogen-bond donors (Lipinski definition) is 2. The van der Waals surface area contributed by atoms with Crippen molar-refractivity contribution in [3.63, 3.8) is 0 Å². The lowest BCUT2D eigenvalue weighted by molar-refractivity contribution is -0.145. The molecule has 6 nitrogen and oxygen atoms in total. The van der Waals surface area contributed by atoms with Crippen molar-refractivity contribution in [2.24, 2.45) is 0 Å². The summed E-state index contributed by atoms with van der Waals surface area (Å²) in [6.07, 6.45) is -3.85. The van der Waals surface area contributed by atoms with Gasteiger partial charge in [0.05, 0.1) is 24.8 Å². The van der Waals surface area contributed by atoms with Crippen LogP contribution < -0.4 is 10.6 Å². The van der Waals surface area contributed by atoms with Gasteiger partial charge in [-0.25, -0.2) is 9.59 Å². The van der Waals surface area contributed by atoms with Crippen LogP contribution in [0.5, 0.6) is 0 Å². The third-order valence-electron chi connectivity index (χ3n) is 3.19. The molecule has 23 heavy (non-hydrogen) atoms. The molecule has 1 heterocycles. The molecule has 0 fully saturated rings. The SMILES string of the molecule is CCCN(CC1=C(C(=O)OCC)[C@@H](C)NC(=O)N1)CC(F)(F)F. The molecule has 0 aromatic heterocycles. The molecule has 1 atom stereocenters. The zero-order chi connectivity index (χ0) is 17.6. The van der Waals surface area contributed by atoms with Gasteiger partial charge in [-0.15, -0.1) is 0 Å². The number of alkyl halides is 3. The maximum absolute atomic E-state index is 12.7. The van der Waals surface area contributed by atoms with E-state index >= 15 is 0 Å². The van der Waals surface area contributed by atoms with Crippen molar-refractivity contribution in [1.29, 1.82) is 0 Å². The van der Waals surface area contributed by atoms with Gasteiger partial charge in [0, 0.05) is 12.2 Å². The van der Waals surface area contributed by atoms with Crippen LogP contribution in [0.3, 0.4) is 0 Å². The first-order chi connectivity index (χ1) is 10.7. The summed E-state index contributed by atoms with van der Waals surface area (Å²) in [7, 11) is 0. The van der Waals surface area contributed by atoms with Gasteiger partial charge in [0.2, 0.25) is 0 Å². The summed E-state index contributed by atoms with van der Waals surface area (Å²) < 4.78 is 42.9. The van der Waals surface area contributed by atoms with Crippen LogP contribution in [-0.4, -0.2) is 55.4 Å². The molecular weight excluding hydrogens is 315 g/mol. The lowest BCUT2D eigenvalue weighted by atomic mass is 10.0. The smallest absolute Gasteiger partial charge is 0.401 e. The van der Waals surface area contributed by atoms with Crippen LogP contribution in [0.2, 0.25) is 0 Å². The molecule has 0 aliphatic carbocycles. The summed E-state index contributed by atoms with van der Waals surface area (Å²) in [5, 5.41) is 4.93. The number of nitrogens with one attached hydrogen (secondary N) is 2. The van der Waals surface area contributed by atoms with E-state index in [1.807, 2.05) is 0 Å². The van der Waals surface area contributed by atoms with Gasteiger partial charge in [-0.05, 0) is 26.8 Å². The highest BCUT2D eigenvalue weighted by Gasteiger charge is 2.34. The molecule has 1 rings (SSSR count). The number of urea groups is 1. The van der Waals surface area contributed by atoms with Gasteiger partial charge in [0.1, 0.15) is 0 Å². The standard InChI is InChI=1S/C14H22F3N3O3/c1-4-6-20(8-14(15,16)17)7-10-11(12(21)23-5-2)9(3)18-13(22)19-10/h9H,4-8H2,1-3H3,(H2,18,19,22)/t9-/m1/s1. The Labute approximate surface area is 133 Å². The highest BCUT2D eigenvalue weighted by atomic mass is 19.4. The second-order valence-electron chi connectivity index (χ2n) is 5.26. The van der Waals surface area contributed by atoms with E-state index in [2.05, 4.69) is 10.6 Å². The predicted molar refractivity (Wildman–Crippen MR) is 77.6 cm³/mol. The lowest BCUT2D eigenvalue weighted by Gasteiger charge is -2.30. The summed E-state index contributed by atoms with van der Waals surface area (Å²) in [5.41, 5.74) is 0.298. The average Bonchev–Trinajstić information content (AvgIpc) is 2.36. The molecule has 0 spiro atoms. The number of halogens is 3. The number of amides is 2. The maximum Gasteiger partial charge on any atom is 0.401 e. The Bertz CT molecular complexity index is 478. The number of nitrogens with zero attached hydrogens (tertiary/aromatic N) is 1. The summed E-state index contributed by atoms with van der Waals surface area (Å²) in [6.45, 7) is 4.00. The van der Waals surface area contributed by atoms with Crippen LogP contribution in [0.4, 0.5) is 18.0 Å². The van der Waals surface area contributed by atoms with E-state index in [-0.39, 0.29) is 31.0 Å². The number of carbonyl (C=O) groups excluding carboxylic acids is 2. The second kappa shape index (κ2) is 8.19. The molecule has 0 bridgehead atoms. The average molecular weight is 337 g/mol. The minimum absolute atomic E-state index is 0.136. The largest absolute Gasteiger partial charge is 0.463 e. The molecule has 0 aromatic carbocycles. The normalized spacial score (nSPS) is 18.7. The van der Waals surface area contributed by atoms with Crippen LogP contribution in [0, 0.1) is 0 Å². The molecule has 132 valence electrons. The maximum atomic E-state index is 12.7. The van der Waals surface area contributed by atoms with E-state index in [1.54, 1.807) is 20.8 Å². The second-order valence-corrected chi connectivity index (χ2v) is 5.26. The molecule has 2 N–H and O–H groups in total. The van der Waals surface area contributed by atoms with Gasteiger partial charge in [-0.2, -0.15) is 13.2 Å². The zero-order valence-electron chi connectivity index (χ0n) is 13.4. The van der Waals surface area contributed by atoms with Crippen molar-refractivity contribution in [3.8, 4) is 0 Å². The van der Waals surface area contributed by atoms with Crippen LogP contribution >= 0.6 is 0 Å². The van der Waals surface area contributed by atoms with Crippen molar-refractivity contribution in [3.05, 3.63) is 11.3 Å². The minimum Gasteiger partial charge on any atom is -0.463 e. The Kier molecular flexibility index (Phi) is 6.86. The van der Waals surface area contributed by atoms with Crippen molar-refractivity contribution in [2.75, 3.05) is 26.2 Å². The predicted octanol–water partition coefficient (Wildman–Crippen LogP) is 1.78. The van der Waals surface area contributed by atoms with E-state index in [1.165, 1.54) is 0 Å². The zero-order valence-corrected chi connectivity index (χ0v) is 13.4. The van der Waals surface area contributed by atoms with Gasteiger partial charge in [-0.3, -0.25) is 4.90 Å². The monoisotopic (exact) mass is 337 g/mol. The number of hydrogen-bond acceptors (Lipinski definition) is 4. The first kappa shape index (κ1) is 19.3. The number of esters is 1. The van der Waals surface area contributed by atoms with Gasteiger partial charge in [0.15, 0.2) is 0 Å². The fourth-order valence-electron chi connectivity index (χ4n) is 2.41. The topological polar surface area (TPSA) is 70.7 Å². The minimum atomic E-state index is -4.36. The molecule has 0 radical (unpaired) electrons. The fourth-order valence-corrected chi connectivity index (χ4v) is 2.41. The third kappa shape index (κ3) is 6.09. The first-order valence-corrected chi connectivity index (χ1v) is 7.44. The van der Waals surface area contributed by atoms with Crippen molar-refractivity contribution in [1.82, 2.24) is 15.5 Å². The lowest BCUT2D eigenvalue weighted by Crippen LogP contribution is -2.51. The van der Waals surface area contributed by atoms with Gasteiger partial charge < -0.3 is 15.4 Å². The van der Waals surface area contributed by atoms with E-state index in [0.29, 0.717) is 6.42 Å². The van der Waals surface area contributed by atoms with E-state index < -0.39 is 30.8 Å². The third-order valence-corrected chi connectivity index (χ3v) is 3.19. The van der Waals surface area contributed by atoms with Gasteiger partial charge >= 0.3 is 18.2 Å². The molecule has 0 aromatic rings. The molecule has 1 aliphatic heterocycles. The molecule has 0 unspecified atom stereocenters. The Balaban J connectivity index is 3.05. The van der Waals surface area contributed by atoms with E-state index in [4.69, 9.17) is 4.74 Å². The van der Waals surface area contributed by atoms with Crippen molar-refractivity contribution in [2.45, 2.75) is 39.4 Å². The Morgan fingerprint density at radius 1 is 1.35 bits per heavy atom. The van der Waals surface area contributed by atoms with Crippen LogP contribution in [0.15, 0.2) is 11.3 Å². The van der Waals surface area contributed by atoms with Gasteiger partial charge in [-0.1, -0.05) is 6.92 Å². The van der Waals surface area contributed by atoms with Crippen molar-refractivity contribution < 1.29 is 27.5 Å². The molecular formula is C14H22F3N3O3. The highest BCUT2D eigenvalue weighted by Crippen LogP contribution is 2.20. The summed E-state index contributed by atoms with van der Waals surface area (Å²) in [5.74, 6) is -0.647. The first-order valence-electron chi connectivity index (χ1n) is 7.44. The number of ether oxygens (including phenoxy) is 1. The van der Waals surface area contributed by atoms with Crippen LogP contribution in [-0.2, 0) is 9.53 Å². The van der Waals surface area contributed by atoms with Gasteiger partial charge in [0.25, 0.3) is 0 Å². The van der Waals surface area contributed by atoms with E-state index in [9.17, 15) is 22.8 Å². The fraction of sp³-hybridized carbons (Fsp3) is 0.714. The Morgan fingerprint density at radius 2 is 2.00 bits per heavy atom. The molecule has 1 aliphatic rings. The molecule has 2 amide bonds. The molecule has 9 heteroatoms. The Hall–Kier alpha value is -1.77. The summed E-state index contributed by atoms with van der Waals surface area (Å²) in [4.78, 5) is 24.8. The van der Waals surface area contributed by atoms with Crippen molar-refractivity contribution >= 4 is 12.0 Å². The Morgan fingerprint density at radius 3 is 2.52 bits per heavy atom.